The van der Waals surface area contributed by atoms with E-state index >= 15 is 0 Å². The van der Waals surface area contributed by atoms with Crippen molar-refractivity contribution in [3.8, 4) is 0 Å². The highest BCUT2D eigenvalue weighted by Crippen LogP contribution is 2.40. The predicted molar refractivity (Wildman–Crippen MR) is 80.8 cm³/mol. The van der Waals surface area contributed by atoms with Crippen LogP contribution < -0.4 is 5.73 Å². The van der Waals surface area contributed by atoms with Crippen LogP contribution >= 0.6 is 0 Å². The smallest absolute Gasteiger partial charge is 0.0586 e. The lowest BCUT2D eigenvalue weighted by Gasteiger charge is -2.44. The highest BCUT2D eigenvalue weighted by molar-refractivity contribution is 5.46. The third-order valence-corrected chi connectivity index (χ3v) is 4.31. The second kappa shape index (κ2) is 4.92. The first-order valence-corrected chi connectivity index (χ1v) is 7.20. The first-order valence-electron chi connectivity index (χ1n) is 7.20. The number of rotatable bonds is 3. The number of aryl methyl sites for hydroxylation is 2. The zero-order chi connectivity index (χ0) is 14.3. The first-order chi connectivity index (χ1) is 8.80. The quantitative estimate of drug-likeness (QED) is 0.906. The molecule has 0 aliphatic carbocycles. The van der Waals surface area contributed by atoms with Gasteiger partial charge in [0.2, 0.25) is 0 Å². The zero-order valence-electron chi connectivity index (χ0n) is 13.0. The van der Waals surface area contributed by atoms with Gasteiger partial charge in [-0.25, -0.2) is 0 Å². The maximum absolute atomic E-state index is 5.81. The fourth-order valence-corrected chi connectivity index (χ4v) is 3.27. The molecule has 2 rings (SSSR count). The van der Waals surface area contributed by atoms with Gasteiger partial charge < -0.3 is 10.5 Å². The van der Waals surface area contributed by atoms with Crippen LogP contribution in [-0.4, -0.2) is 19.8 Å². The molecule has 1 saturated heterocycles. The Bertz CT molecular complexity index is 444. The predicted octanol–water partition coefficient (Wildman–Crippen LogP) is 3.22. The molecule has 19 heavy (non-hydrogen) atoms. The van der Waals surface area contributed by atoms with E-state index in [9.17, 15) is 0 Å². The summed E-state index contributed by atoms with van der Waals surface area (Å²) in [6, 6.07) is 4.69. The van der Waals surface area contributed by atoms with Gasteiger partial charge in [-0.1, -0.05) is 32.9 Å². The summed E-state index contributed by atoms with van der Waals surface area (Å²) in [5, 5.41) is 0. The molecule has 1 aromatic carbocycles. The van der Waals surface area contributed by atoms with Crippen LogP contribution in [0.1, 0.15) is 49.4 Å². The molecule has 0 spiro atoms. The van der Waals surface area contributed by atoms with Crippen LogP contribution in [-0.2, 0) is 15.6 Å². The molecule has 1 heterocycles. The summed E-state index contributed by atoms with van der Waals surface area (Å²) in [4.78, 5) is 0. The molecule has 0 radical (unpaired) electrons. The summed E-state index contributed by atoms with van der Waals surface area (Å²) in [7, 11) is 0. The van der Waals surface area contributed by atoms with E-state index in [1.165, 1.54) is 22.3 Å². The fourth-order valence-electron chi connectivity index (χ4n) is 3.27. The van der Waals surface area contributed by atoms with Crippen molar-refractivity contribution in [2.24, 2.45) is 5.73 Å². The van der Waals surface area contributed by atoms with Crippen LogP contribution in [0, 0.1) is 13.8 Å². The summed E-state index contributed by atoms with van der Waals surface area (Å²) in [5.41, 5.74) is 11.8. The number of hydrogen-bond donors (Lipinski definition) is 1. The van der Waals surface area contributed by atoms with Crippen LogP contribution in [0.5, 0.6) is 0 Å². The highest BCUT2D eigenvalue weighted by Gasteiger charge is 2.41. The standard InChI is InChI=1S/C17H27NO/c1-12-8-14(16(3,4)5)9-13(2)15(12)17(6-7-18)10-19-11-17/h8-9H,6-7,10-11,18H2,1-5H3. The van der Waals surface area contributed by atoms with Crippen LogP contribution in [0.15, 0.2) is 12.1 Å². The number of ether oxygens (including phenoxy) is 1. The molecule has 0 saturated carbocycles. The topological polar surface area (TPSA) is 35.2 Å². The number of hydrogen-bond acceptors (Lipinski definition) is 2. The summed E-state index contributed by atoms with van der Waals surface area (Å²) in [6.45, 7) is 13.6. The molecule has 0 unspecified atom stereocenters. The maximum Gasteiger partial charge on any atom is 0.0586 e. The van der Waals surface area contributed by atoms with E-state index in [0.717, 1.165) is 26.2 Å². The molecule has 2 heteroatoms. The molecule has 1 aromatic rings. The first kappa shape index (κ1) is 14.5. The fraction of sp³-hybridized carbons (Fsp3) is 0.647. The van der Waals surface area contributed by atoms with Gasteiger partial charge in [0.15, 0.2) is 0 Å². The Morgan fingerprint density at radius 3 is 2.00 bits per heavy atom. The van der Waals surface area contributed by atoms with Gasteiger partial charge in [0, 0.05) is 5.41 Å². The number of benzene rings is 1. The van der Waals surface area contributed by atoms with Crippen molar-refractivity contribution < 1.29 is 4.74 Å². The van der Waals surface area contributed by atoms with E-state index < -0.39 is 0 Å². The minimum absolute atomic E-state index is 0.166. The van der Waals surface area contributed by atoms with Gasteiger partial charge in [-0.3, -0.25) is 0 Å². The molecule has 0 atom stereocenters. The average molecular weight is 261 g/mol. The molecule has 2 nitrogen and oxygen atoms in total. The van der Waals surface area contributed by atoms with E-state index in [2.05, 4.69) is 46.8 Å². The average Bonchev–Trinajstić information content (AvgIpc) is 2.23. The van der Waals surface area contributed by atoms with Crippen LogP contribution in [0.3, 0.4) is 0 Å². The van der Waals surface area contributed by atoms with Gasteiger partial charge in [-0.2, -0.15) is 0 Å². The summed E-state index contributed by atoms with van der Waals surface area (Å²) in [5.74, 6) is 0. The molecule has 0 amide bonds. The largest absolute Gasteiger partial charge is 0.379 e. The van der Waals surface area contributed by atoms with Crippen molar-refractivity contribution in [3.63, 3.8) is 0 Å². The van der Waals surface area contributed by atoms with Gasteiger partial charge >= 0.3 is 0 Å². The van der Waals surface area contributed by atoms with Crippen molar-refractivity contribution in [1.29, 1.82) is 0 Å². The minimum Gasteiger partial charge on any atom is -0.379 e. The van der Waals surface area contributed by atoms with E-state index in [1.807, 2.05) is 0 Å². The molecular weight excluding hydrogens is 234 g/mol. The molecule has 0 bridgehead atoms. The second-order valence-corrected chi connectivity index (χ2v) is 7.05. The zero-order valence-corrected chi connectivity index (χ0v) is 13.0. The Labute approximate surface area is 117 Å². The van der Waals surface area contributed by atoms with E-state index in [4.69, 9.17) is 10.5 Å². The molecule has 2 N–H and O–H groups in total. The van der Waals surface area contributed by atoms with Crippen molar-refractivity contribution in [2.75, 3.05) is 19.8 Å². The van der Waals surface area contributed by atoms with Gasteiger partial charge in [0.25, 0.3) is 0 Å². The van der Waals surface area contributed by atoms with E-state index in [-0.39, 0.29) is 10.8 Å². The lowest BCUT2D eigenvalue weighted by Crippen LogP contribution is -2.49. The van der Waals surface area contributed by atoms with Crippen LogP contribution in [0.4, 0.5) is 0 Å². The van der Waals surface area contributed by atoms with Crippen molar-refractivity contribution in [2.45, 2.75) is 51.9 Å². The van der Waals surface area contributed by atoms with Crippen molar-refractivity contribution >= 4 is 0 Å². The summed E-state index contributed by atoms with van der Waals surface area (Å²) >= 11 is 0. The van der Waals surface area contributed by atoms with Crippen LogP contribution in [0.2, 0.25) is 0 Å². The maximum atomic E-state index is 5.81. The monoisotopic (exact) mass is 261 g/mol. The van der Waals surface area contributed by atoms with Gasteiger partial charge in [-0.05, 0) is 54.5 Å². The van der Waals surface area contributed by atoms with Gasteiger partial charge in [-0.15, -0.1) is 0 Å². The Hall–Kier alpha value is -0.860. The van der Waals surface area contributed by atoms with Crippen molar-refractivity contribution in [1.82, 2.24) is 0 Å². The van der Waals surface area contributed by atoms with Crippen molar-refractivity contribution in [3.05, 3.63) is 34.4 Å². The van der Waals surface area contributed by atoms with Gasteiger partial charge in [0.05, 0.1) is 13.2 Å². The molecule has 1 aliphatic rings. The SMILES string of the molecule is Cc1cc(C(C)(C)C)cc(C)c1C1(CCN)COC1. The Balaban J connectivity index is 2.48. The second-order valence-electron chi connectivity index (χ2n) is 7.05. The van der Waals surface area contributed by atoms with E-state index in [0.29, 0.717) is 0 Å². The number of nitrogens with two attached hydrogens (primary N) is 1. The highest BCUT2D eigenvalue weighted by atomic mass is 16.5. The normalized spacial score (nSPS) is 18.2. The molecule has 1 fully saturated rings. The molecular formula is C17H27NO. The molecule has 0 aromatic heterocycles. The Morgan fingerprint density at radius 1 is 1.16 bits per heavy atom. The van der Waals surface area contributed by atoms with Gasteiger partial charge in [0.1, 0.15) is 0 Å². The summed E-state index contributed by atoms with van der Waals surface area (Å²) < 4.78 is 5.50. The molecule has 106 valence electrons. The Kier molecular flexibility index (Phi) is 3.76. The van der Waals surface area contributed by atoms with E-state index in [1.54, 1.807) is 0 Å². The lowest BCUT2D eigenvalue weighted by atomic mass is 9.71. The molecule has 1 aliphatic heterocycles. The third-order valence-electron chi connectivity index (χ3n) is 4.31. The lowest BCUT2D eigenvalue weighted by molar-refractivity contribution is -0.0637. The third kappa shape index (κ3) is 2.56. The Morgan fingerprint density at radius 2 is 1.68 bits per heavy atom. The van der Waals surface area contributed by atoms with Crippen LogP contribution in [0.25, 0.3) is 0 Å². The summed E-state index contributed by atoms with van der Waals surface area (Å²) in [6.07, 6.45) is 1.02. The minimum atomic E-state index is 0.166.